The molecule has 2 rings (SSSR count). The van der Waals surface area contributed by atoms with Crippen LogP contribution in [0.2, 0.25) is 0 Å². The number of para-hydroxylation sites is 2. The van der Waals surface area contributed by atoms with E-state index in [-0.39, 0.29) is 0 Å². The van der Waals surface area contributed by atoms with Crippen LogP contribution in [0.25, 0.3) is 0 Å². The van der Waals surface area contributed by atoms with E-state index < -0.39 is 0 Å². The molecule has 1 aromatic rings. The Hall–Kier alpha value is -1.22. The lowest BCUT2D eigenvalue weighted by Crippen LogP contribution is -2.28. The largest absolute Gasteiger partial charge is 0.490 e. The highest BCUT2D eigenvalue weighted by atomic mass is 16.5. The molecule has 0 radical (unpaired) electrons. The van der Waals surface area contributed by atoms with Crippen molar-refractivity contribution in [2.45, 2.75) is 32.6 Å². The molecule has 0 amide bonds. The molecule has 1 aromatic carbocycles. The van der Waals surface area contributed by atoms with Crippen LogP contribution in [0.5, 0.6) is 11.5 Å². The monoisotopic (exact) mass is 263 g/mol. The van der Waals surface area contributed by atoms with Crippen LogP contribution in [0.4, 0.5) is 0 Å². The van der Waals surface area contributed by atoms with E-state index in [9.17, 15) is 0 Å². The zero-order chi connectivity index (χ0) is 13.3. The molecule has 1 N–H and O–H groups in total. The molecule has 0 unspecified atom stereocenters. The molecule has 0 aliphatic carbocycles. The fraction of sp³-hybridized carbons (Fsp3) is 0.625. The van der Waals surface area contributed by atoms with Crippen molar-refractivity contribution in [1.82, 2.24) is 5.32 Å². The number of ether oxygens (including phenoxy) is 2. The Bertz CT molecular complexity index is 362. The minimum Gasteiger partial charge on any atom is -0.490 e. The highest BCUT2D eigenvalue weighted by molar-refractivity contribution is 5.39. The predicted octanol–water partition coefficient (Wildman–Crippen LogP) is 3.24. The van der Waals surface area contributed by atoms with Gasteiger partial charge in [0, 0.05) is 0 Å². The van der Waals surface area contributed by atoms with Gasteiger partial charge in [-0.05, 0) is 56.8 Å². The molecule has 1 heterocycles. The van der Waals surface area contributed by atoms with Crippen LogP contribution in [-0.2, 0) is 0 Å². The van der Waals surface area contributed by atoms with Crippen LogP contribution >= 0.6 is 0 Å². The lowest BCUT2D eigenvalue weighted by Gasteiger charge is -2.22. The van der Waals surface area contributed by atoms with Crippen LogP contribution in [0.1, 0.15) is 32.6 Å². The molecule has 106 valence electrons. The predicted molar refractivity (Wildman–Crippen MR) is 77.9 cm³/mol. The number of rotatable bonds is 7. The van der Waals surface area contributed by atoms with E-state index in [2.05, 4.69) is 12.2 Å². The first-order chi connectivity index (χ1) is 9.40. The molecule has 0 atom stereocenters. The normalized spacial score (nSPS) is 16.3. The summed E-state index contributed by atoms with van der Waals surface area (Å²) < 4.78 is 11.6. The van der Waals surface area contributed by atoms with Gasteiger partial charge < -0.3 is 14.8 Å². The average Bonchev–Trinajstić information content (AvgIpc) is 2.47. The summed E-state index contributed by atoms with van der Waals surface area (Å²) in [6, 6.07) is 7.96. The molecule has 3 heteroatoms. The molecule has 19 heavy (non-hydrogen) atoms. The van der Waals surface area contributed by atoms with Gasteiger partial charge in [0.15, 0.2) is 11.5 Å². The van der Waals surface area contributed by atoms with Crippen molar-refractivity contribution in [2.75, 3.05) is 26.3 Å². The lowest BCUT2D eigenvalue weighted by molar-refractivity contribution is 0.234. The van der Waals surface area contributed by atoms with Crippen molar-refractivity contribution in [1.29, 1.82) is 0 Å². The molecule has 0 aromatic heterocycles. The Kier molecular flexibility index (Phi) is 6.02. The third-order valence-electron chi connectivity index (χ3n) is 3.55. The minimum absolute atomic E-state index is 0.745. The summed E-state index contributed by atoms with van der Waals surface area (Å²) in [6.45, 7) is 5.95. The molecule has 0 spiro atoms. The number of piperidine rings is 1. The van der Waals surface area contributed by atoms with Crippen molar-refractivity contribution in [3.63, 3.8) is 0 Å². The van der Waals surface area contributed by atoms with E-state index in [0.29, 0.717) is 0 Å². The number of hydrogen-bond donors (Lipinski definition) is 1. The first kappa shape index (κ1) is 14.2. The van der Waals surface area contributed by atoms with Crippen LogP contribution in [0.15, 0.2) is 24.3 Å². The van der Waals surface area contributed by atoms with Gasteiger partial charge in [-0.15, -0.1) is 0 Å². The zero-order valence-electron chi connectivity index (χ0n) is 11.9. The molecular formula is C16H25NO2. The summed E-state index contributed by atoms with van der Waals surface area (Å²) in [5.41, 5.74) is 0. The maximum atomic E-state index is 5.89. The average molecular weight is 263 g/mol. The highest BCUT2D eigenvalue weighted by Crippen LogP contribution is 2.27. The third kappa shape index (κ3) is 4.75. The fourth-order valence-electron chi connectivity index (χ4n) is 2.41. The van der Waals surface area contributed by atoms with Crippen LogP contribution < -0.4 is 14.8 Å². The second kappa shape index (κ2) is 8.05. The van der Waals surface area contributed by atoms with Crippen LogP contribution in [0.3, 0.4) is 0 Å². The van der Waals surface area contributed by atoms with Gasteiger partial charge in [0.2, 0.25) is 0 Å². The van der Waals surface area contributed by atoms with E-state index in [1.54, 1.807) is 0 Å². The topological polar surface area (TPSA) is 30.5 Å². The quantitative estimate of drug-likeness (QED) is 0.819. The maximum absolute atomic E-state index is 5.89. The Morgan fingerprint density at radius 3 is 2.32 bits per heavy atom. The second-order valence-corrected chi connectivity index (χ2v) is 5.13. The molecule has 0 bridgehead atoms. The SMILES string of the molecule is CCCOc1ccccc1OCCC1CCNCC1. The van der Waals surface area contributed by atoms with E-state index in [1.807, 2.05) is 24.3 Å². The summed E-state index contributed by atoms with van der Waals surface area (Å²) in [4.78, 5) is 0. The Balaban J connectivity index is 1.77. The molecule has 1 aliphatic rings. The Morgan fingerprint density at radius 2 is 1.68 bits per heavy atom. The molecular weight excluding hydrogens is 238 g/mol. The van der Waals surface area contributed by atoms with E-state index >= 15 is 0 Å². The van der Waals surface area contributed by atoms with Crippen molar-refractivity contribution in [3.05, 3.63) is 24.3 Å². The summed E-state index contributed by atoms with van der Waals surface area (Å²) >= 11 is 0. The third-order valence-corrected chi connectivity index (χ3v) is 3.55. The lowest BCUT2D eigenvalue weighted by atomic mass is 9.95. The van der Waals surface area contributed by atoms with Crippen molar-refractivity contribution >= 4 is 0 Å². The van der Waals surface area contributed by atoms with Gasteiger partial charge in [-0.1, -0.05) is 19.1 Å². The van der Waals surface area contributed by atoms with Gasteiger partial charge in [0.05, 0.1) is 13.2 Å². The molecule has 1 aliphatic heterocycles. The highest BCUT2D eigenvalue weighted by Gasteiger charge is 2.13. The van der Waals surface area contributed by atoms with Gasteiger partial charge in [0.1, 0.15) is 0 Å². The Labute approximate surface area is 116 Å². The number of benzene rings is 1. The van der Waals surface area contributed by atoms with Gasteiger partial charge in [-0.2, -0.15) is 0 Å². The summed E-state index contributed by atoms with van der Waals surface area (Å²) in [5, 5.41) is 3.39. The number of hydrogen-bond acceptors (Lipinski definition) is 3. The van der Waals surface area contributed by atoms with E-state index in [4.69, 9.17) is 9.47 Å². The summed E-state index contributed by atoms with van der Waals surface area (Å²) in [6.07, 6.45) is 4.71. The second-order valence-electron chi connectivity index (χ2n) is 5.13. The maximum Gasteiger partial charge on any atom is 0.161 e. The Morgan fingerprint density at radius 1 is 1.05 bits per heavy atom. The van der Waals surface area contributed by atoms with Crippen molar-refractivity contribution in [2.24, 2.45) is 5.92 Å². The van der Waals surface area contributed by atoms with E-state index in [0.717, 1.165) is 56.6 Å². The van der Waals surface area contributed by atoms with Crippen molar-refractivity contribution in [3.8, 4) is 11.5 Å². The fourth-order valence-corrected chi connectivity index (χ4v) is 2.41. The summed E-state index contributed by atoms with van der Waals surface area (Å²) in [5.74, 6) is 2.56. The number of nitrogens with one attached hydrogen (secondary N) is 1. The van der Waals surface area contributed by atoms with Crippen molar-refractivity contribution < 1.29 is 9.47 Å². The van der Waals surface area contributed by atoms with Gasteiger partial charge in [0.25, 0.3) is 0 Å². The first-order valence-electron chi connectivity index (χ1n) is 7.45. The smallest absolute Gasteiger partial charge is 0.161 e. The molecule has 3 nitrogen and oxygen atoms in total. The van der Waals surface area contributed by atoms with Gasteiger partial charge >= 0.3 is 0 Å². The minimum atomic E-state index is 0.745. The molecule has 1 saturated heterocycles. The van der Waals surface area contributed by atoms with Crippen LogP contribution in [0, 0.1) is 5.92 Å². The van der Waals surface area contributed by atoms with Gasteiger partial charge in [-0.25, -0.2) is 0 Å². The standard InChI is InChI=1S/C16H25NO2/c1-2-12-18-15-5-3-4-6-16(15)19-13-9-14-7-10-17-11-8-14/h3-6,14,17H,2,7-13H2,1H3. The van der Waals surface area contributed by atoms with Gasteiger partial charge in [-0.3, -0.25) is 0 Å². The molecule has 1 fully saturated rings. The first-order valence-corrected chi connectivity index (χ1v) is 7.45. The summed E-state index contributed by atoms with van der Waals surface area (Å²) in [7, 11) is 0. The zero-order valence-corrected chi connectivity index (χ0v) is 11.9. The van der Waals surface area contributed by atoms with Crippen LogP contribution in [-0.4, -0.2) is 26.3 Å². The van der Waals surface area contributed by atoms with E-state index in [1.165, 1.54) is 12.8 Å². The molecule has 0 saturated carbocycles.